The van der Waals surface area contributed by atoms with E-state index in [1.54, 1.807) is 23.0 Å². The van der Waals surface area contributed by atoms with Gasteiger partial charge < -0.3 is 4.74 Å². The lowest BCUT2D eigenvalue weighted by Crippen LogP contribution is -2.32. The largest absolute Gasteiger partial charge is 0.357 e. The fourth-order valence-corrected chi connectivity index (χ4v) is 1.44. The first kappa shape index (κ1) is 10.3. The van der Waals surface area contributed by atoms with Crippen molar-refractivity contribution in [3.05, 3.63) is 0 Å². The van der Waals surface area contributed by atoms with Gasteiger partial charge in [-0.3, -0.25) is 0 Å². The summed E-state index contributed by atoms with van der Waals surface area (Å²) in [6.07, 6.45) is 7.40. The number of hydrogen-bond acceptors (Lipinski definition) is 3. The fourth-order valence-electron chi connectivity index (χ4n) is 1.31. The number of hydrogen-bond donors (Lipinski definition) is 0. The molecule has 3 nitrogen and oxygen atoms in total. The Hall–Kier alpha value is 0.170. The highest BCUT2D eigenvalue weighted by molar-refractivity contribution is 14.1. The van der Waals surface area contributed by atoms with E-state index in [2.05, 4.69) is 9.14 Å². The van der Waals surface area contributed by atoms with Gasteiger partial charge in [0, 0.05) is 0 Å². The molecule has 0 radical (unpaired) electrons. The number of halogens is 1. The van der Waals surface area contributed by atoms with Crippen molar-refractivity contribution in [2.75, 3.05) is 6.61 Å². The molecular formula is C8H11IO3. The average Bonchev–Trinajstić information content (AvgIpc) is 2.45. The van der Waals surface area contributed by atoms with Crippen LogP contribution in [0.2, 0.25) is 0 Å². The first-order valence-corrected chi connectivity index (χ1v) is 4.66. The van der Waals surface area contributed by atoms with E-state index in [0.29, 0.717) is 6.61 Å². The van der Waals surface area contributed by atoms with E-state index in [-0.39, 0.29) is 6.10 Å². The van der Waals surface area contributed by atoms with Gasteiger partial charge in [-0.1, -0.05) is 5.92 Å². The monoisotopic (exact) mass is 282 g/mol. The minimum absolute atomic E-state index is 0.221. The van der Waals surface area contributed by atoms with Gasteiger partial charge in [0.25, 0.3) is 0 Å². The highest BCUT2D eigenvalue weighted by Gasteiger charge is 2.37. The third-order valence-electron chi connectivity index (χ3n) is 1.98. The van der Waals surface area contributed by atoms with Gasteiger partial charge in [0.1, 0.15) is 6.61 Å². The summed E-state index contributed by atoms with van der Waals surface area (Å²) in [5, 5.41) is 0. The number of terminal acetylenes is 1. The standard InChI is InChI=1S/C8H11IO3/c1-3-8(6-10-12-9)5-4-7(2)11-8/h1,7H,4-6H2,2H3. The van der Waals surface area contributed by atoms with Gasteiger partial charge >= 0.3 is 0 Å². The zero-order chi connectivity index (χ0) is 9.03. The predicted molar refractivity (Wildman–Crippen MR) is 52.4 cm³/mol. The summed E-state index contributed by atoms with van der Waals surface area (Å²) >= 11 is 1.66. The third-order valence-corrected chi connectivity index (χ3v) is 2.24. The van der Waals surface area contributed by atoms with Gasteiger partial charge in [-0.2, -0.15) is 3.22 Å². The minimum atomic E-state index is -0.565. The molecule has 1 heterocycles. The lowest BCUT2D eigenvalue weighted by atomic mass is 10.0. The van der Waals surface area contributed by atoms with E-state index in [0.717, 1.165) is 12.8 Å². The second-order valence-electron chi connectivity index (χ2n) is 2.93. The molecule has 0 amide bonds. The highest BCUT2D eigenvalue weighted by Crippen LogP contribution is 2.30. The summed E-state index contributed by atoms with van der Waals surface area (Å²) in [5.41, 5.74) is -0.565. The molecule has 1 fully saturated rings. The zero-order valence-electron chi connectivity index (χ0n) is 6.88. The zero-order valence-corrected chi connectivity index (χ0v) is 9.04. The molecule has 68 valence electrons. The lowest BCUT2D eigenvalue weighted by molar-refractivity contribution is -0.204. The molecule has 1 saturated heterocycles. The highest BCUT2D eigenvalue weighted by atomic mass is 127. The summed E-state index contributed by atoms with van der Waals surface area (Å²) in [5.74, 6) is 2.61. The van der Waals surface area contributed by atoms with Crippen LogP contribution in [-0.2, 0) is 12.8 Å². The van der Waals surface area contributed by atoms with Crippen LogP contribution in [0.1, 0.15) is 19.8 Å². The van der Waals surface area contributed by atoms with Crippen molar-refractivity contribution < 1.29 is 12.8 Å². The Labute approximate surface area is 86.4 Å². The van der Waals surface area contributed by atoms with Crippen LogP contribution in [0.4, 0.5) is 0 Å². The lowest BCUT2D eigenvalue weighted by Gasteiger charge is -2.20. The van der Waals surface area contributed by atoms with E-state index in [1.807, 2.05) is 6.92 Å². The Morgan fingerprint density at radius 2 is 2.58 bits per heavy atom. The summed E-state index contributed by atoms with van der Waals surface area (Å²) in [7, 11) is 0. The molecule has 1 aliphatic heterocycles. The van der Waals surface area contributed by atoms with E-state index in [4.69, 9.17) is 16.0 Å². The molecule has 1 aliphatic rings. The molecule has 0 aromatic rings. The van der Waals surface area contributed by atoms with Crippen LogP contribution in [-0.4, -0.2) is 18.3 Å². The molecule has 0 aromatic carbocycles. The Morgan fingerprint density at radius 3 is 3.00 bits per heavy atom. The van der Waals surface area contributed by atoms with Crippen molar-refractivity contribution >= 4 is 23.0 Å². The Morgan fingerprint density at radius 1 is 1.83 bits per heavy atom. The molecule has 0 aliphatic carbocycles. The molecule has 0 bridgehead atoms. The summed E-state index contributed by atoms with van der Waals surface area (Å²) < 4.78 is 10.0. The van der Waals surface area contributed by atoms with Crippen LogP contribution in [0.25, 0.3) is 0 Å². The first-order valence-electron chi connectivity index (χ1n) is 3.78. The first-order chi connectivity index (χ1) is 5.72. The van der Waals surface area contributed by atoms with Crippen LogP contribution < -0.4 is 0 Å². The van der Waals surface area contributed by atoms with Crippen LogP contribution in [0.15, 0.2) is 0 Å². The van der Waals surface area contributed by atoms with Gasteiger partial charge in [-0.15, -0.1) is 6.42 Å². The maximum atomic E-state index is 5.56. The van der Waals surface area contributed by atoms with Gasteiger partial charge in [-0.25, -0.2) is 4.89 Å². The second kappa shape index (κ2) is 4.42. The van der Waals surface area contributed by atoms with Crippen LogP contribution >= 0.6 is 23.0 Å². The minimum Gasteiger partial charge on any atom is -0.357 e. The molecule has 12 heavy (non-hydrogen) atoms. The van der Waals surface area contributed by atoms with Crippen LogP contribution in [0.3, 0.4) is 0 Å². The van der Waals surface area contributed by atoms with Crippen molar-refractivity contribution in [1.82, 2.24) is 0 Å². The molecular weight excluding hydrogens is 271 g/mol. The second-order valence-corrected chi connectivity index (χ2v) is 3.29. The van der Waals surface area contributed by atoms with Crippen LogP contribution in [0, 0.1) is 12.3 Å². The van der Waals surface area contributed by atoms with Gasteiger partial charge in [0.05, 0.1) is 6.10 Å². The van der Waals surface area contributed by atoms with Crippen molar-refractivity contribution in [3.63, 3.8) is 0 Å². The maximum absolute atomic E-state index is 5.56. The fraction of sp³-hybridized carbons (Fsp3) is 0.750. The van der Waals surface area contributed by atoms with Crippen molar-refractivity contribution in [2.24, 2.45) is 0 Å². The van der Waals surface area contributed by atoms with Crippen LogP contribution in [0.5, 0.6) is 0 Å². The summed E-state index contributed by atoms with van der Waals surface area (Å²) in [4.78, 5) is 4.78. The normalized spacial score (nSPS) is 34.9. The van der Waals surface area contributed by atoms with E-state index < -0.39 is 5.60 Å². The van der Waals surface area contributed by atoms with Gasteiger partial charge in [-0.05, 0) is 19.8 Å². The molecule has 2 atom stereocenters. The summed E-state index contributed by atoms with van der Waals surface area (Å²) in [6.45, 7) is 2.31. The van der Waals surface area contributed by atoms with Gasteiger partial charge in [0.2, 0.25) is 0 Å². The van der Waals surface area contributed by atoms with Crippen molar-refractivity contribution in [1.29, 1.82) is 0 Å². The Balaban J connectivity index is 2.48. The molecule has 0 aromatic heterocycles. The van der Waals surface area contributed by atoms with E-state index in [1.165, 1.54) is 0 Å². The third kappa shape index (κ3) is 2.33. The molecule has 1 rings (SSSR count). The maximum Gasteiger partial charge on any atom is 0.155 e. The quantitative estimate of drug-likeness (QED) is 0.342. The molecule has 0 N–H and O–H groups in total. The molecule has 0 saturated carbocycles. The Bertz CT molecular complexity index is 189. The number of ether oxygens (including phenoxy) is 1. The Kier molecular flexibility index (Phi) is 3.77. The molecule has 0 spiro atoms. The molecule has 2 unspecified atom stereocenters. The number of rotatable bonds is 3. The predicted octanol–water partition coefficient (Wildman–Crippen LogP) is 1.86. The average molecular weight is 282 g/mol. The smallest absolute Gasteiger partial charge is 0.155 e. The van der Waals surface area contributed by atoms with Crippen molar-refractivity contribution in [2.45, 2.75) is 31.5 Å². The van der Waals surface area contributed by atoms with Crippen molar-refractivity contribution in [3.8, 4) is 12.3 Å². The summed E-state index contributed by atoms with van der Waals surface area (Å²) in [6, 6.07) is 0. The van der Waals surface area contributed by atoms with Gasteiger partial charge in [0.15, 0.2) is 28.6 Å². The molecule has 4 heteroatoms. The topological polar surface area (TPSA) is 27.7 Å². The SMILES string of the molecule is C#CC1(COOI)CCC(C)O1. The van der Waals surface area contributed by atoms with E-state index >= 15 is 0 Å². The van der Waals surface area contributed by atoms with E-state index in [9.17, 15) is 0 Å².